The average Bonchev–Trinajstić information content (AvgIpc) is 3.18. The second-order valence-electron chi connectivity index (χ2n) is 6.07. The highest BCUT2D eigenvalue weighted by molar-refractivity contribution is 6.39. The summed E-state index contributed by atoms with van der Waals surface area (Å²) in [5.41, 5.74) is 0. The van der Waals surface area contributed by atoms with Gasteiger partial charge in [-0.1, -0.05) is 5.16 Å². The van der Waals surface area contributed by atoms with Crippen molar-refractivity contribution >= 4 is 17.6 Å². The van der Waals surface area contributed by atoms with Gasteiger partial charge in [-0.2, -0.15) is 0 Å². The summed E-state index contributed by atoms with van der Waals surface area (Å²) in [4.78, 5) is 28.5. The minimum absolute atomic E-state index is 0.281. The van der Waals surface area contributed by atoms with Gasteiger partial charge >= 0.3 is 11.8 Å². The van der Waals surface area contributed by atoms with Gasteiger partial charge < -0.3 is 9.42 Å². The molecule has 22 heavy (non-hydrogen) atoms. The van der Waals surface area contributed by atoms with E-state index in [4.69, 9.17) is 4.52 Å². The van der Waals surface area contributed by atoms with Crippen LogP contribution in [0.4, 0.5) is 5.82 Å². The third-order valence-corrected chi connectivity index (χ3v) is 4.40. The molecule has 1 N–H and O–H groups in total. The molecule has 2 aliphatic heterocycles. The lowest BCUT2D eigenvalue weighted by molar-refractivity contribution is -0.144. The molecular formula is C15H22N4O3. The van der Waals surface area contributed by atoms with Gasteiger partial charge in [0.1, 0.15) is 5.76 Å². The van der Waals surface area contributed by atoms with Crippen LogP contribution in [0.3, 0.4) is 0 Å². The molecule has 0 spiro atoms. The van der Waals surface area contributed by atoms with E-state index in [2.05, 4.69) is 15.4 Å². The summed E-state index contributed by atoms with van der Waals surface area (Å²) in [6.45, 7) is 5.24. The van der Waals surface area contributed by atoms with Crippen molar-refractivity contribution in [1.82, 2.24) is 15.0 Å². The normalized spacial score (nSPS) is 22.8. The van der Waals surface area contributed by atoms with E-state index >= 15 is 0 Å². The van der Waals surface area contributed by atoms with Gasteiger partial charge in [-0.3, -0.25) is 19.8 Å². The molecule has 2 fully saturated rings. The number of nitrogens with zero attached hydrogens (tertiary/aromatic N) is 3. The highest BCUT2D eigenvalue weighted by Crippen LogP contribution is 2.20. The maximum atomic E-state index is 12.3. The zero-order valence-corrected chi connectivity index (χ0v) is 12.9. The topological polar surface area (TPSA) is 78.7 Å². The van der Waals surface area contributed by atoms with Crippen molar-refractivity contribution in [2.75, 3.05) is 31.5 Å². The van der Waals surface area contributed by atoms with E-state index in [9.17, 15) is 9.59 Å². The van der Waals surface area contributed by atoms with Crippen LogP contribution in [0.2, 0.25) is 0 Å². The summed E-state index contributed by atoms with van der Waals surface area (Å²) >= 11 is 0. The van der Waals surface area contributed by atoms with E-state index in [-0.39, 0.29) is 5.82 Å². The van der Waals surface area contributed by atoms with Gasteiger partial charge in [-0.15, -0.1) is 0 Å². The fraction of sp³-hybridized carbons (Fsp3) is 0.667. The predicted molar refractivity (Wildman–Crippen MR) is 80.3 cm³/mol. The number of amides is 2. The molecule has 1 atom stereocenters. The maximum absolute atomic E-state index is 12.3. The third-order valence-electron chi connectivity index (χ3n) is 4.40. The van der Waals surface area contributed by atoms with E-state index in [1.807, 2.05) is 0 Å². The van der Waals surface area contributed by atoms with E-state index < -0.39 is 11.8 Å². The molecule has 0 bridgehead atoms. The van der Waals surface area contributed by atoms with Gasteiger partial charge in [0.25, 0.3) is 0 Å². The fourth-order valence-electron chi connectivity index (χ4n) is 3.28. The van der Waals surface area contributed by atoms with Crippen molar-refractivity contribution in [3.63, 3.8) is 0 Å². The minimum atomic E-state index is -0.643. The zero-order valence-electron chi connectivity index (χ0n) is 12.9. The molecule has 2 saturated heterocycles. The summed E-state index contributed by atoms with van der Waals surface area (Å²) in [6, 6.07) is 1.98. The van der Waals surface area contributed by atoms with E-state index in [1.54, 1.807) is 17.9 Å². The maximum Gasteiger partial charge on any atom is 0.315 e. The summed E-state index contributed by atoms with van der Waals surface area (Å²) < 4.78 is 4.88. The Hall–Kier alpha value is -1.89. The molecule has 7 heteroatoms. The number of piperidine rings is 1. The molecule has 2 amide bonds. The Labute approximate surface area is 129 Å². The largest absolute Gasteiger partial charge is 0.360 e. The summed E-state index contributed by atoms with van der Waals surface area (Å²) in [6.07, 6.45) is 4.52. The van der Waals surface area contributed by atoms with Gasteiger partial charge in [-0.25, -0.2) is 0 Å². The number of carbonyl (C=O) groups excluding carboxylic acids is 2. The first kappa shape index (κ1) is 15.0. The van der Waals surface area contributed by atoms with Crippen LogP contribution in [-0.4, -0.2) is 59.0 Å². The first-order valence-electron chi connectivity index (χ1n) is 7.91. The highest BCUT2D eigenvalue weighted by atomic mass is 16.5. The quantitative estimate of drug-likeness (QED) is 0.825. The van der Waals surface area contributed by atoms with Crippen molar-refractivity contribution in [3.8, 4) is 0 Å². The molecule has 0 radical (unpaired) electrons. The van der Waals surface area contributed by atoms with Gasteiger partial charge in [-0.05, 0) is 45.7 Å². The lowest BCUT2D eigenvalue weighted by Crippen LogP contribution is -2.51. The molecule has 0 aromatic carbocycles. The Kier molecular flexibility index (Phi) is 4.42. The Morgan fingerprint density at radius 2 is 2.05 bits per heavy atom. The molecule has 0 saturated carbocycles. The van der Waals surface area contributed by atoms with Crippen LogP contribution in [-0.2, 0) is 9.59 Å². The Bertz CT molecular complexity index is 551. The highest BCUT2D eigenvalue weighted by Gasteiger charge is 2.31. The fourth-order valence-corrected chi connectivity index (χ4v) is 3.28. The molecule has 7 nitrogen and oxygen atoms in total. The van der Waals surface area contributed by atoms with Crippen molar-refractivity contribution < 1.29 is 14.1 Å². The van der Waals surface area contributed by atoms with E-state index in [1.165, 1.54) is 12.8 Å². The molecule has 1 aromatic heterocycles. The number of carbonyl (C=O) groups is 2. The Morgan fingerprint density at radius 3 is 2.73 bits per heavy atom. The number of aryl methyl sites for hydroxylation is 1. The van der Waals surface area contributed by atoms with Crippen LogP contribution in [0.25, 0.3) is 0 Å². The van der Waals surface area contributed by atoms with E-state index in [0.29, 0.717) is 24.9 Å². The molecule has 0 aliphatic carbocycles. The zero-order chi connectivity index (χ0) is 15.5. The number of rotatable bonds is 2. The lowest BCUT2D eigenvalue weighted by Gasteiger charge is -2.37. The van der Waals surface area contributed by atoms with Crippen molar-refractivity contribution in [2.45, 2.75) is 38.6 Å². The number of hydrogen-bond donors (Lipinski definition) is 1. The monoisotopic (exact) mass is 306 g/mol. The lowest BCUT2D eigenvalue weighted by atomic mass is 10.0. The van der Waals surface area contributed by atoms with E-state index in [0.717, 1.165) is 25.9 Å². The van der Waals surface area contributed by atoms with Gasteiger partial charge in [0.05, 0.1) is 0 Å². The number of anilines is 1. The summed E-state index contributed by atoms with van der Waals surface area (Å²) in [5, 5.41) is 6.17. The summed E-state index contributed by atoms with van der Waals surface area (Å²) in [5.74, 6) is -0.251. The van der Waals surface area contributed by atoms with Crippen LogP contribution in [0.5, 0.6) is 0 Å². The molecule has 3 rings (SSSR count). The predicted octanol–water partition coefficient (Wildman–Crippen LogP) is 1.01. The van der Waals surface area contributed by atoms with Gasteiger partial charge in [0, 0.05) is 25.2 Å². The second kappa shape index (κ2) is 6.48. The van der Waals surface area contributed by atoms with Crippen molar-refractivity contribution in [1.29, 1.82) is 0 Å². The molecule has 0 unspecified atom stereocenters. The minimum Gasteiger partial charge on any atom is -0.360 e. The van der Waals surface area contributed by atoms with Crippen LogP contribution in [0.15, 0.2) is 10.6 Å². The van der Waals surface area contributed by atoms with Crippen LogP contribution in [0, 0.1) is 6.92 Å². The standard InChI is InChI=1S/C15H22N4O3/c1-11-9-13(17-22-11)16-14(20)15(21)19-8-4-5-12(10-19)18-6-2-3-7-18/h9,12H,2-8,10H2,1H3,(H,16,17,20)/t12-/m1/s1. The number of hydrogen-bond acceptors (Lipinski definition) is 5. The Balaban J connectivity index is 1.57. The molecule has 1 aromatic rings. The average molecular weight is 306 g/mol. The second-order valence-corrected chi connectivity index (χ2v) is 6.07. The smallest absolute Gasteiger partial charge is 0.315 e. The third kappa shape index (κ3) is 3.30. The van der Waals surface area contributed by atoms with Crippen molar-refractivity contribution in [3.05, 3.63) is 11.8 Å². The van der Waals surface area contributed by atoms with Crippen LogP contribution >= 0.6 is 0 Å². The number of nitrogens with one attached hydrogen (secondary N) is 1. The molecule has 120 valence electrons. The van der Waals surface area contributed by atoms with Gasteiger partial charge in [0.2, 0.25) is 0 Å². The molecule has 2 aliphatic rings. The first-order chi connectivity index (χ1) is 10.6. The first-order valence-corrected chi connectivity index (χ1v) is 7.91. The van der Waals surface area contributed by atoms with Crippen LogP contribution in [0.1, 0.15) is 31.4 Å². The molecule has 3 heterocycles. The van der Waals surface area contributed by atoms with Crippen LogP contribution < -0.4 is 5.32 Å². The molecular weight excluding hydrogens is 284 g/mol. The number of likely N-dealkylation sites (tertiary alicyclic amines) is 2. The summed E-state index contributed by atoms with van der Waals surface area (Å²) in [7, 11) is 0. The van der Waals surface area contributed by atoms with Crippen molar-refractivity contribution in [2.24, 2.45) is 0 Å². The Morgan fingerprint density at radius 1 is 1.27 bits per heavy atom. The SMILES string of the molecule is Cc1cc(NC(=O)C(=O)N2CCC[C@@H](N3CCCC3)C2)no1. The van der Waals surface area contributed by atoms with Gasteiger partial charge in [0.15, 0.2) is 5.82 Å². The number of aromatic nitrogens is 1.